The number of anilines is 1. The van der Waals surface area contributed by atoms with Gasteiger partial charge in [0.1, 0.15) is 11.8 Å². The van der Waals surface area contributed by atoms with E-state index in [1.54, 1.807) is 12.3 Å². The van der Waals surface area contributed by atoms with Crippen LogP contribution in [0.3, 0.4) is 0 Å². The standard InChI is InChI=1S/C7H10ClN3O/c1-2-3-12-5-11-4-6(8)7(9)10-11/h2,4H,1,3,5H2,(H2,9,10). The van der Waals surface area contributed by atoms with Gasteiger partial charge in [-0.15, -0.1) is 6.58 Å². The number of hydrogen-bond acceptors (Lipinski definition) is 3. The molecule has 0 amide bonds. The molecule has 1 heterocycles. The number of nitrogens with zero attached hydrogens (tertiary/aromatic N) is 2. The molecule has 0 aliphatic carbocycles. The van der Waals surface area contributed by atoms with Crippen LogP contribution in [0, 0.1) is 0 Å². The predicted molar refractivity (Wildman–Crippen MR) is 47.8 cm³/mol. The molecule has 1 rings (SSSR count). The van der Waals surface area contributed by atoms with Crippen LogP contribution in [0.5, 0.6) is 0 Å². The van der Waals surface area contributed by atoms with Crippen molar-refractivity contribution in [3.8, 4) is 0 Å². The molecule has 1 aromatic heterocycles. The fourth-order valence-corrected chi connectivity index (χ4v) is 0.858. The van der Waals surface area contributed by atoms with Crippen LogP contribution < -0.4 is 5.73 Å². The predicted octanol–water partition coefficient (Wildman–Crippen LogP) is 1.28. The Labute approximate surface area is 75.6 Å². The van der Waals surface area contributed by atoms with Gasteiger partial charge in [0.15, 0.2) is 5.82 Å². The molecule has 0 spiro atoms. The lowest BCUT2D eigenvalue weighted by atomic mass is 10.7. The van der Waals surface area contributed by atoms with E-state index < -0.39 is 0 Å². The average molecular weight is 188 g/mol. The van der Waals surface area contributed by atoms with Crippen molar-refractivity contribution >= 4 is 17.4 Å². The highest BCUT2D eigenvalue weighted by Gasteiger charge is 2.00. The Hall–Kier alpha value is -1.00. The molecule has 0 aliphatic heterocycles. The maximum absolute atomic E-state index is 5.66. The summed E-state index contributed by atoms with van der Waals surface area (Å²) >= 11 is 5.66. The molecule has 0 bridgehead atoms. The summed E-state index contributed by atoms with van der Waals surface area (Å²) < 4.78 is 6.63. The maximum Gasteiger partial charge on any atom is 0.164 e. The van der Waals surface area contributed by atoms with Gasteiger partial charge >= 0.3 is 0 Å². The summed E-state index contributed by atoms with van der Waals surface area (Å²) in [6.45, 7) is 4.33. The van der Waals surface area contributed by atoms with Crippen molar-refractivity contribution in [1.82, 2.24) is 9.78 Å². The van der Waals surface area contributed by atoms with Gasteiger partial charge in [0.2, 0.25) is 0 Å². The van der Waals surface area contributed by atoms with E-state index in [-0.39, 0.29) is 0 Å². The number of rotatable bonds is 4. The SMILES string of the molecule is C=CCOCn1cc(Cl)c(N)n1. The van der Waals surface area contributed by atoms with Gasteiger partial charge in [-0.25, -0.2) is 4.68 Å². The third-order valence-corrected chi connectivity index (χ3v) is 1.49. The lowest BCUT2D eigenvalue weighted by molar-refractivity contribution is 0.0914. The van der Waals surface area contributed by atoms with E-state index in [0.717, 1.165) is 0 Å². The van der Waals surface area contributed by atoms with Crippen molar-refractivity contribution < 1.29 is 4.74 Å². The molecular formula is C7H10ClN3O. The summed E-state index contributed by atoms with van der Waals surface area (Å²) in [5.41, 5.74) is 5.41. The van der Waals surface area contributed by atoms with E-state index in [1.807, 2.05) is 0 Å². The number of nitrogens with two attached hydrogens (primary N) is 1. The highest BCUT2D eigenvalue weighted by Crippen LogP contribution is 2.14. The van der Waals surface area contributed by atoms with Crippen LogP contribution in [0.15, 0.2) is 18.9 Å². The molecule has 66 valence electrons. The smallest absolute Gasteiger partial charge is 0.164 e. The summed E-state index contributed by atoms with van der Waals surface area (Å²) in [6.07, 6.45) is 3.27. The van der Waals surface area contributed by atoms with Crippen molar-refractivity contribution in [1.29, 1.82) is 0 Å². The first kappa shape index (κ1) is 9.09. The third kappa shape index (κ3) is 2.25. The van der Waals surface area contributed by atoms with Crippen LogP contribution >= 0.6 is 11.6 Å². The minimum Gasteiger partial charge on any atom is -0.381 e. The average Bonchev–Trinajstić information content (AvgIpc) is 2.32. The Kier molecular flexibility index (Phi) is 3.13. The molecule has 0 aliphatic rings. The van der Waals surface area contributed by atoms with Crippen LogP contribution in [0.1, 0.15) is 0 Å². The zero-order valence-electron chi connectivity index (χ0n) is 6.53. The lowest BCUT2D eigenvalue weighted by Gasteiger charge is -1.99. The molecule has 5 heteroatoms. The molecule has 0 aromatic carbocycles. The number of ether oxygens (including phenoxy) is 1. The van der Waals surface area contributed by atoms with Gasteiger partial charge in [0, 0.05) is 6.20 Å². The topological polar surface area (TPSA) is 53.1 Å². The Morgan fingerprint density at radius 3 is 3.08 bits per heavy atom. The lowest BCUT2D eigenvalue weighted by Crippen LogP contribution is -2.03. The first-order valence-electron chi connectivity index (χ1n) is 3.41. The first-order chi connectivity index (χ1) is 5.74. The van der Waals surface area contributed by atoms with Crippen molar-refractivity contribution in [3.05, 3.63) is 23.9 Å². The van der Waals surface area contributed by atoms with Gasteiger partial charge in [-0.2, -0.15) is 5.10 Å². The van der Waals surface area contributed by atoms with Gasteiger partial charge < -0.3 is 10.5 Å². The normalized spacial score (nSPS) is 10.1. The van der Waals surface area contributed by atoms with E-state index in [4.69, 9.17) is 22.1 Å². The molecule has 1 aromatic rings. The van der Waals surface area contributed by atoms with E-state index in [9.17, 15) is 0 Å². The summed E-state index contributed by atoms with van der Waals surface area (Å²) in [5, 5.41) is 4.33. The summed E-state index contributed by atoms with van der Waals surface area (Å²) in [7, 11) is 0. The van der Waals surface area contributed by atoms with E-state index in [0.29, 0.717) is 24.2 Å². The summed E-state index contributed by atoms with van der Waals surface area (Å²) in [6, 6.07) is 0. The molecule has 2 N–H and O–H groups in total. The van der Waals surface area contributed by atoms with Gasteiger partial charge in [0.05, 0.1) is 6.61 Å². The molecule has 4 nitrogen and oxygen atoms in total. The molecule has 0 unspecified atom stereocenters. The van der Waals surface area contributed by atoms with Gasteiger partial charge in [-0.05, 0) is 0 Å². The highest BCUT2D eigenvalue weighted by molar-refractivity contribution is 6.32. The molecular weight excluding hydrogens is 178 g/mol. The zero-order valence-corrected chi connectivity index (χ0v) is 7.29. The van der Waals surface area contributed by atoms with Crippen molar-refractivity contribution in [2.75, 3.05) is 12.3 Å². The second-order valence-electron chi connectivity index (χ2n) is 2.19. The number of nitrogen functional groups attached to an aromatic ring is 1. The maximum atomic E-state index is 5.66. The summed E-state index contributed by atoms with van der Waals surface area (Å²) in [5.74, 6) is 0.318. The Morgan fingerprint density at radius 2 is 2.58 bits per heavy atom. The first-order valence-corrected chi connectivity index (χ1v) is 3.79. The van der Waals surface area contributed by atoms with E-state index in [2.05, 4.69) is 11.7 Å². The van der Waals surface area contributed by atoms with Crippen LogP contribution in [0.2, 0.25) is 5.02 Å². The minimum atomic E-state index is 0.318. The molecule has 0 fully saturated rings. The molecule has 0 atom stereocenters. The monoisotopic (exact) mass is 187 g/mol. The molecule has 0 saturated heterocycles. The van der Waals surface area contributed by atoms with Crippen molar-refractivity contribution in [2.45, 2.75) is 6.73 Å². The third-order valence-electron chi connectivity index (χ3n) is 1.20. The minimum absolute atomic E-state index is 0.318. The molecule has 0 radical (unpaired) electrons. The zero-order chi connectivity index (χ0) is 8.97. The van der Waals surface area contributed by atoms with Crippen LogP contribution in [0.25, 0.3) is 0 Å². The van der Waals surface area contributed by atoms with E-state index >= 15 is 0 Å². The number of halogens is 1. The van der Waals surface area contributed by atoms with E-state index in [1.165, 1.54) is 4.68 Å². The highest BCUT2D eigenvalue weighted by atomic mass is 35.5. The second-order valence-corrected chi connectivity index (χ2v) is 2.60. The molecule has 12 heavy (non-hydrogen) atoms. The Morgan fingerprint density at radius 1 is 1.83 bits per heavy atom. The second kappa shape index (κ2) is 4.13. The fourth-order valence-electron chi connectivity index (χ4n) is 0.708. The number of aromatic nitrogens is 2. The largest absolute Gasteiger partial charge is 0.381 e. The quantitative estimate of drug-likeness (QED) is 0.571. The van der Waals surface area contributed by atoms with Crippen LogP contribution in [0.4, 0.5) is 5.82 Å². The van der Waals surface area contributed by atoms with Gasteiger partial charge in [0.25, 0.3) is 0 Å². The van der Waals surface area contributed by atoms with Crippen molar-refractivity contribution in [2.24, 2.45) is 0 Å². The number of hydrogen-bond donors (Lipinski definition) is 1. The summed E-state index contributed by atoms with van der Waals surface area (Å²) in [4.78, 5) is 0. The molecule has 0 saturated carbocycles. The Bertz CT molecular complexity index is 252. The fraction of sp³-hybridized carbons (Fsp3) is 0.286. The van der Waals surface area contributed by atoms with Crippen LogP contribution in [-0.2, 0) is 11.5 Å². The van der Waals surface area contributed by atoms with Crippen molar-refractivity contribution in [3.63, 3.8) is 0 Å². The van der Waals surface area contributed by atoms with Gasteiger partial charge in [-0.3, -0.25) is 0 Å². The Balaban J connectivity index is 2.47. The van der Waals surface area contributed by atoms with Gasteiger partial charge in [-0.1, -0.05) is 17.7 Å². The van der Waals surface area contributed by atoms with Crippen LogP contribution in [-0.4, -0.2) is 16.4 Å².